The van der Waals surface area contributed by atoms with Crippen LogP contribution in [0.1, 0.15) is 13.8 Å². The lowest BCUT2D eigenvalue weighted by molar-refractivity contribution is -0.146. The Balaban J connectivity index is 1.75. The third kappa shape index (κ3) is 5.32. The summed E-state index contributed by atoms with van der Waals surface area (Å²) in [6.45, 7) is 4.49. The Morgan fingerprint density at radius 3 is 2.74 bits per heavy atom. The van der Waals surface area contributed by atoms with Crippen molar-refractivity contribution in [1.29, 1.82) is 0 Å². The van der Waals surface area contributed by atoms with E-state index < -0.39 is 5.63 Å². The molecule has 124 valence electrons. The summed E-state index contributed by atoms with van der Waals surface area (Å²) in [5.74, 6) is 1.72. The molecule has 1 aromatic heterocycles. The first-order chi connectivity index (χ1) is 11.1. The van der Waals surface area contributed by atoms with Crippen molar-refractivity contribution in [2.24, 2.45) is 5.92 Å². The molecule has 2 rings (SSSR count). The van der Waals surface area contributed by atoms with Crippen molar-refractivity contribution in [2.75, 3.05) is 24.7 Å². The highest BCUT2D eigenvalue weighted by molar-refractivity contribution is 7.99. The summed E-state index contributed by atoms with van der Waals surface area (Å²) in [5, 5.41) is 0.781. The summed E-state index contributed by atoms with van der Waals surface area (Å²) in [5.41, 5.74) is 0.0928. The number of carbonyl (C=O) groups excluding carboxylic acids is 1. The third-order valence-electron chi connectivity index (χ3n) is 3.04. The summed E-state index contributed by atoms with van der Waals surface area (Å²) >= 11 is 1.63. The summed E-state index contributed by atoms with van der Waals surface area (Å²) in [6, 6.07) is 8.63. The van der Waals surface area contributed by atoms with Gasteiger partial charge in [0.1, 0.15) is 17.9 Å². The van der Waals surface area contributed by atoms with Gasteiger partial charge in [-0.15, -0.1) is 0 Å². The second-order valence-electron chi connectivity index (χ2n) is 5.21. The van der Waals surface area contributed by atoms with E-state index in [-0.39, 0.29) is 11.9 Å². The molecule has 0 aliphatic heterocycles. The highest BCUT2D eigenvalue weighted by atomic mass is 32.2. The summed E-state index contributed by atoms with van der Waals surface area (Å²) in [4.78, 5) is 22.8. The van der Waals surface area contributed by atoms with Gasteiger partial charge in [0.15, 0.2) is 0 Å². The average molecular weight is 336 g/mol. The average Bonchev–Trinajstić information content (AvgIpc) is 2.53. The molecule has 0 radical (unpaired) electrons. The minimum Gasteiger partial charge on any atom is -0.492 e. The van der Waals surface area contributed by atoms with Crippen LogP contribution in [0.3, 0.4) is 0 Å². The molecule has 23 heavy (non-hydrogen) atoms. The maximum atomic E-state index is 11.5. The molecule has 5 nitrogen and oxygen atoms in total. The number of carbonyl (C=O) groups is 1. The van der Waals surface area contributed by atoms with E-state index >= 15 is 0 Å². The fourth-order valence-electron chi connectivity index (χ4n) is 1.88. The van der Waals surface area contributed by atoms with Crippen LogP contribution in [-0.4, -0.2) is 30.7 Å². The fraction of sp³-hybridized carbons (Fsp3) is 0.412. The number of hydrogen-bond acceptors (Lipinski definition) is 6. The highest BCUT2D eigenvalue weighted by Crippen LogP contribution is 2.23. The van der Waals surface area contributed by atoms with Gasteiger partial charge < -0.3 is 13.9 Å². The van der Waals surface area contributed by atoms with E-state index in [0.29, 0.717) is 24.5 Å². The van der Waals surface area contributed by atoms with Crippen LogP contribution in [0.5, 0.6) is 5.75 Å². The van der Waals surface area contributed by atoms with E-state index in [0.717, 1.165) is 16.9 Å². The van der Waals surface area contributed by atoms with Crippen LogP contribution in [0.4, 0.5) is 0 Å². The molecule has 2 aromatic rings. The molecule has 0 amide bonds. The Kier molecular flexibility index (Phi) is 6.52. The molecule has 0 saturated carbocycles. The van der Waals surface area contributed by atoms with Gasteiger partial charge in [-0.1, -0.05) is 26.0 Å². The Morgan fingerprint density at radius 1 is 1.22 bits per heavy atom. The number of para-hydroxylation sites is 1. The molecule has 1 aromatic carbocycles. The van der Waals surface area contributed by atoms with E-state index in [1.165, 1.54) is 6.07 Å². The van der Waals surface area contributed by atoms with Crippen molar-refractivity contribution in [3.8, 4) is 5.75 Å². The first-order valence-electron chi connectivity index (χ1n) is 7.48. The zero-order valence-electron chi connectivity index (χ0n) is 13.2. The third-order valence-corrected chi connectivity index (χ3v) is 3.95. The van der Waals surface area contributed by atoms with Gasteiger partial charge in [0.05, 0.1) is 24.0 Å². The van der Waals surface area contributed by atoms with Crippen molar-refractivity contribution >= 4 is 28.7 Å². The molecule has 0 spiro atoms. The summed E-state index contributed by atoms with van der Waals surface area (Å²) < 4.78 is 15.9. The number of fused-ring (bicyclic) bond motifs is 1. The van der Waals surface area contributed by atoms with Gasteiger partial charge in [-0.3, -0.25) is 4.79 Å². The van der Waals surface area contributed by atoms with Crippen molar-refractivity contribution < 1.29 is 18.7 Å². The fourth-order valence-corrected chi connectivity index (χ4v) is 2.49. The van der Waals surface area contributed by atoms with Crippen LogP contribution in [0.25, 0.3) is 11.0 Å². The Labute approximate surface area is 139 Å². The maximum Gasteiger partial charge on any atom is 0.339 e. The highest BCUT2D eigenvalue weighted by Gasteiger charge is 2.08. The number of ether oxygens (including phenoxy) is 2. The van der Waals surface area contributed by atoms with Crippen LogP contribution in [0, 0.1) is 5.92 Å². The largest absolute Gasteiger partial charge is 0.492 e. The topological polar surface area (TPSA) is 65.7 Å². The number of hydrogen-bond donors (Lipinski definition) is 0. The van der Waals surface area contributed by atoms with Gasteiger partial charge in [-0.25, -0.2) is 4.79 Å². The second-order valence-corrected chi connectivity index (χ2v) is 6.43. The lowest BCUT2D eigenvalue weighted by Crippen LogP contribution is -2.13. The van der Waals surface area contributed by atoms with E-state index in [1.807, 2.05) is 32.0 Å². The number of esters is 1. The van der Waals surface area contributed by atoms with Gasteiger partial charge in [-0.2, -0.15) is 11.8 Å². The molecule has 0 aliphatic rings. The quantitative estimate of drug-likeness (QED) is 0.419. The predicted octanol–water partition coefficient (Wildman–Crippen LogP) is 3.10. The van der Waals surface area contributed by atoms with Gasteiger partial charge in [0.2, 0.25) is 0 Å². The molecule has 0 saturated heterocycles. The molecule has 0 bridgehead atoms. The molecular weight excluding hydrogens is 316 g/mol. The number of benzene rings is 1. The van der Waals surface area contributed by atoms with Gasteiger partial charge in [-0.05, 0) is 12.1 Å². The zero-order valence-corrected chi connectivity index (χ0v) is 14.1. The lowest BCUT2D eigenvalue weighted by atomic mass is 10.2. The first-order valence-corrected chi connectivity index (χ1v) is 8.63. The van der Waals surface area contributed by atoms with Gasteiger partial charge in [0, 0.05) is 11.5 Å². The van der Waals surface area contributed by atoms with Crippen molar-refractivity contribution in [1.82, 2.24) is 0 Å². The standard InChI is InChI=1S/C17H20O5S/c1-12(2)17(19)21-8-10-23-9-7-20-15-11-16(18)22-14-6-4-3-5-13(14)15/h3-6,11-12H,7-10H2,1-2H3. The first kappa shape index (κ1) is 17.4. The minimum atomic E-state index is -0.424. The minimum absolute atomic E-state index is 0.0959. The molecule has 0 atom stereocenters. The predicted molar refractivity (Wildman–Crippen MR) is 91.1 cm³/mol. The van der Waals surface area contributed by atoms with Gasteiger partial charge in [0.25, 0.3) is 0 Å². The normalized spacial score (nSPS) is 10.9. The molecule has 1 heterocycles. The SMILES string of the molecule is CC(C)C(=O)OCCSCCOc1cc(=O)oc2ccccc12. The summed E-state index contributed by atoms with van der Waals surface area (Å²) in [7, 11) is 0. The molecule has 0 aliphatic carbocycles. The molecular formula is C17H20O5S. The Morgan fingerprint density at radius 2 is 1.96 bits per heavy atom. The Hall–Kier alpha value is -1.95. The Bertz CT molecular complexity index is 707. The van der Waals surface area contributed by atoms with Crippen LogP contribution >= 0.6 is 11.8 Å². The van der Waals surface area contributed by atoms with Crippen LogP contribution in [-0.2, 0) is 9.53 Å². The molecule has 0 N–H and O–H groups in total. The van der Waals surface area contributed by atoms with E-state index in [9.17, 15) is 9.59 Å². The van der Waals surface area contributed by atoms with E-state index in [4.69, 9.17) is 13.9 Å². The molecule has 0 unspecified atom stereocenters. The van der Waals surface area contributed by atoms with E-state index in [2.05, 4.69) is 0 Å². The lowest BCUT2D eigenvalue weighted by Gasteiger charge is -2.09. The van der Waals surface area contributed by atoms with Gasteiger partial charge >= 0.3 is 11.6 Å². The maximum absolute atomic E-state index is 11.5. The summed E-state index contributed by atoms with van der Waals surface area (Å²) in [6.07, 6.45) is 0. The molecule has 0 fully saturated rings. The van der Waals surface area contributed by atoms with Crippen molar-refractivity contribution in [3.05, 3.63) is 40.8 Å². The molecule has 6 heteroatoms. The second kappa shape index (κ2) is 8.62. The van der Waals surface area contributed by atoms with E-state index in [1.54, 1.807) is 17.8 Å². The van der Waals surface area contributed by atoms with Crippen molar-refractivity contribution in [2.45, 2.75) is 13.8 Å². The van der Waals surface area contributed by atoms with Crippen LogP contribution < -0.4 is 10.4 Å². The van der Waals surface area contributed by atoms with Crippen molar-refractivity contribution in [3.63, 3.8) is 0 Å². The smallest absolute Gasteiger partial charge is 0.339 e. The number of rotatable bonds is 8. The monoisotopic (exact) mass is 336 g/mol. The number of thioether (sulfide) groups is 1. The van der Waals surface area contributed by atoms with Crippen LogP contribution in [0.2, 0.25) is 0 Å². The zero-order chi connectivity index (χ0) is 16.7. The van der Waals surface area contributed by atoms with Crippen LogP contribution in [0.15, 0.2) is 39.5 Å².